The highest BCUT2D eigenvalue weighted by atomic mass is 32.1. The van der Waals surface area contributed by atoms with Crippen molar-refractivity contribution in [2.75, 3.05) is 0 Å². The second kappa shape index (κ2) is 7.78. The molecule has 1 aliphatic carbocycles. The largest absolute Gasteiger partial charge is 0.358 e. The molecule has 1 aromatic carbocycles. The third-order valence-corrected chi connectivity index (χ3v) is 5.36. The van der Waals surface area contributed by atoms with Crippen LogP contribution >= 0.6 is 12.2 Å². The number of fused-ring (bicyclic) bond motifs is 1. The van der Waals surface area contributed by atoms with Crippen molar-refractivity contribution in [1.29, 1.82) is 0 Å². The van der Waals surface area contributed by atoms with E-state index in [1.54, 1.807) is 6.07 Å². The van der Waals surface area contributed by atoms with Crippen LogP contribution in [0.2, 0.25) is 0 Å². The van der Waals surface area contributed by atoms with Crippen LogP contribution in [-0.2, 0) is 0 Å². The number of thiocarbonyl (C=S) groups is 1. The molecule has 1 aliphatic rings. The number of benzene rings is 1. The van der Waals surface area contributed by atoms with Crippen molar-refractivity contribution in [1.82, 2.24) is 21.2 Å². The fourth-order valence-corrected chi connectivity index (χ4v) is 3.56. The summed E-state index contributed by atoms with van der Waals surface area (Å²) >= 11 is 5.31. The van der Waals surface area contributed by atoms with Crippen LogP contribution in [0, 0.1) is 11.8 Å². The number of hydrazine groups is 1. The third kappa shape index (κ3) is 4.25. The van der Waals surface area contributed by atoms with Crippen molar-refractivity contribution in [3.63, 3.8) is 0 Å². The summed E-state index contributed by atoms with van der Waals surface area (Å²) in [5, 5.41) is 4.77. The van der Waals surface area contributed by atoms with Gasteiger partial charge in [0.15, 0.2) is 5.11 Å². The molecule has 5 nitrogen and oxygen atoms in total. The van der Waals surface area contributed by atoms with Gasteiger partial charge in [-0.3, -0.25) is 15.6 Å². The van der Waals surface area contributed by atoms with Crippen LogP contribution in [0.3, 0.4) is 0 Å². The Balaban J connectivity index is 1.55. The number of amides is 1. The molecule has 2 aromatic rings. The topological polar surface area (TPSA) is 66.0 Å². The minimum Gasteiger partial charge on any atom is -0.358 e. The minimum absolute atomic E-state index is 0.306. The fourth-order valence-electron chi connectivity index (χ4n) is 3.36. The van der Waals surface area contributed by atoms with Crippen LogP contribution in [-0.4, -0.2) is 22.0 Å². The zero-order valence-corrected chi connectivity index (χ0v) is 15.4. The van der Waals surface area contributed by atoms with Crippen LogP contribution in [0.1, 0.15) is 43.6 Å². The molecule has 0 aliphatic heterocycles. The molecular formula is C19H24N4OS. The number of hydrogen-bond acceptors (Lipinski definition) is 3. The summed E-state index contributed by atoms with van der Waals surface area (Å²) in [6.07, 6.45) is 3.58. The zero-order chi connectivity index (χ0) is 17.8. The first kappa shape index (κ1) is 17.6. The van der Waals surface area contributed by atoms with Crippen LogP contribution in [0.15, 0.2) is 36.4 Å². The maximum Gasteiger partial charge on any atom is 0.288 e. The number of hydrogen-bond donors (Lipinski definition) is 3. The van der Waals surface area contributed by atoms with E-state index in [1.807, 2.05) is 30.3 Å². The highest BCUT2D eigenvalue weighted by Gasteiger charge is 2.27. The SMILES string of the molecule is C[C@H]1[C@@H](NC(=S)NNC(=O)c2ccc3ccccc3n2)CCC[C@@H]1C. The summed E-state index contributed by atoms with van der Waals surface area (Å²) < 4.78 is 0. The third-order valence-electron chi connectivity index (χ3n) is 5.14. The van der Waals surface area contributed by atoms with E-state index in [-0.39, 0.29) is 5.91 Å². The summed E-state index contributed by atoms with van der Waals surface area (Å²) in [6, 6.07) is 11.6. The van der Waals surface area contributed by atoms with Gasteiger partial charge in [-0.15, -0.1) is 0 Å². The van der Waals surface area contributed by atoms with Crippen LogP contribution in [0.4, 0.5) is 0 Å². The van der Waals surface area contributed by atoms with Gasteiger partial charge < -0.3 is 5.32 Å². The Morgan fingerprint density at radius 3 is 2.76 bits per heavy atom. The van der Waals surface area contributed by atoms with E-state index in [1.165, 1.54) is 12.8 Å². The van der Waals surface area contributed by atoms with Gasteiger partial charge in [0.05, 0.1) is 5.52 Å². The lowest BCUT2D eigenvalue weighted by Crippen LogP contribution is -2.52. The molecule has 0 spiro atoms. The highest BCUT2D eigenvalue weighted by Crippen LogP contribution is 2.29. The fraction of sp³-hybridized carbons (Fsp3) is 0.421. The van der Waals surface area contributed by atoms with Gasteiger partial charge in [0.25, 0.3) is 5.91 Å². The Kier molecular flexibility index (Phi) is 5.48. The second-order valence-electron chi connectivity index (χ2n) is 6.82. The normalized spacial score (nSPS) is 23.0. The number of para-hydroxylation sites is 1. The lowest BCUT2D eigenvalue weighted by Gasteiger charge is -2.35. The van der Waals surface area contributed by atoms with Crippen molar-refractivity contribution in [2.24, 2.45) is 11.8 Å². The summed E-state index contributed by atoms with van der Waals surface area (Å²) in [5.41, 5.74) is 6.56. The smallest absolute Gasteiger partial charge is 0.288 e. The molecule has 132 valence electrons. The lowest BCUT2D eigenvalue weighted by molar-refractivity contribution is 0.0938. The summed E-state index contributed by atoms with van der Waals surface area (Å²) in [6.45, 7) is 4.53. The predicted octanol–water partition coefficient (Wildman–Crippen LogP) is 3.17. The summed E-state index contributed by atoms with van der Waals surface area (Å²) in [7, 11) is 0. The molecule has 1 amide bonds. The maximum absolute atomic E-state index is 12.3. The molecule has 0 radical (unpaired) electrons. The Hall–Kier alpha value is -2.21. The Labute approximate surface area is 153 Å². The molecule has 3 atom stereocenters. The molecule has 1 saturated carbocycles. The average molecular weight is 356 g/mol. The quantitative estimate of drug-likeness (QED) is 0.570. The molecule has 1 fully saturated rings. The Bertz CT molecular complexity index is 779. The number of aromatic nitrogens is 1. The molecule has 1 heterocycles. The van der Waals surface area contributed by atoms with Gasteiger partial charge in [-0.2, -0.15) is 0 Å². The van der Waals surface area contributed by atoms with E-state index in [9.17, 15) is 4.79 Å². The summed E-state index contributed by atoms with van der Waals surface area (Å²) in [5.74, 6) is 0.941. The van der Waals surface area contributed by atoms with Gasteiger partial charge in [-0.25, -0.2) is 4.98 Å². The first-order valence-electron chi connectivity index (χ1n) is 8.77. The predicted molar refractivity (Wildman–Crippen MR) is 104 cm³/mol. The van der Waals surface area contributed by atoms with E-state index in [0.717, 1.165) is 17.3 Å². The molecule has 0 saturated heterocycles. The number of pyridine rings is 1. The standard InChI is InChI=1S/C19H24N4OS/c1-12-6-5-9-15(13(12)2)21-19(25)23-22-18(24)17-11-10-14-7-3-4-8-16(14)20-17/h3-4,7-8,10-13,15H,5-6,9H2,1-2H3,(H,22,24)(H2,21,23,25)/t12-,13+,15-/m0/s1. The first-order valence-corrected chi connectivity index (χ1v) is 9.18. The molecule has 0 unspecified atom stereocenters. The van der Waals surface area contributed by atoms with Crippen molar-refractivity contribution in [3.05, 3.63) is 42.1 Å². The van der Waals surface area contributed by atoms with Crippen molar-refractivity contribution in [3.8, 4) is 0 Å². The van der Waals surface area contributed by atoms with Gasteiger partial charge in [-0.05, 0) is 42.6 Å². The molecule has 6 heteroatoms. The van der Waals surface area contributed by atoms with E-state index in [4.69, 9.17) is 12.2 Å². The minimum atomic E-state index is -0.306. The number of nitrogens with one attached hydrogen (secondary N) is 3. The van der Waals surface area contributed by atoms with Gasteiger partial charge in [0.2, 0.25) is 0 Å². The molecule has 3 N–H and O–H groups in total. The van der Waals surface area contributed by atoms with Crippen LogP contribution in [0.5, 0.6) is 0 Å². The van der Waals surface area contributed by atoms with Gasteiger partial charge in [-0.1, -0.05) is 51.0 Å². The highest BCUT2D eigenvalue weighted by molar-refractivity contribution is 7.80. The Morgan fingerprint density at radius 2 is 1.92 bits per heavy atom. The average Bonchev–Trinajstić information content (AvgIpc) is 2.63. The van der Waals surface area contributed by atoms with Crippen molar-refractivity contribution < 1.29 is 4.79 Å². The van der Waals surface area contributed by atoms with E-state index >= 15 is 0 Å². The number of nitrogens with zero attached hydrogens (tertiary/aromatic N) is 1. The lowest BCUT2D eigenvalue weighted by atomic mass is 9.78. The van der Waals surface area contributed by atoms with Crippen molar-refractivity contribution >= 4 is 34.1 Å². The monoisotopic (exact) mass is 356 g/mol. The Morgan fingerprint density at radius 1 is 1.12 bits per heavy atom. The van der Waals surface area contributed by atoms with Crippen molar-refractivity contribution in [2.45, 2.75) is 39.2 Å². The zero-order valence-electron chi connectivity index (χ0n) is 14.6. The van der Waals surface area contributed by atoms with E-state index in [2.05, 4.69) is 35.0 Å². The maximum atomic E-state index is 12.3. The second-order valence-corrected chi connectivity index (χ2v) is 7.22. The molecule has 0 bridgehead atoms. The number of rotatable bonds is 2. The van der Waals surface area contributed by atoms with Crippen LogP contribution < -0.4 is 16.2 Å². The number of carbonyl (C=O) groups is 1. The van der Waals surface area contributed by atoms with E-state index in [0.29, 0.717) is 28.7 Å². The van der Waals surface area contributed by atoms with E-state index < -0.39 is 0 Å². The molecule has 25 heavy (non-hydrogen) atoms. The summed E-state index contributed by atoms with van der Waals surface area (Å²) in [4.78, 5) is 16.7. The number of carbonyl (C=O) groups excluding carboxylic acids is 1. The van der Waals surface area contributed by atoms with Gasteiger partial charge in [0, 0.05) is 11.4 Å². The van der Waals surface area contributed by atoms with Gasteiger partial charge >= 0.3 is 0 Å². The first-order chi connectivity index (χ1) is 12.0. The molecule has 3 rings (SSSR count). The molecule has 1 aromatic heterocycles. The van der Waals surface area contributed by atoms with Gasteiger partial charge in [0.1, 0.15) is 5.69 Å². The molecular weight excluding hydrogens is 332 g/mol. The van der Waals surface area contributed by atoms with Crippen LogP contribution in [0.25, 0.3) is 10.9 Å².